The van der Waals surface area contributed by atoms with Gasteiger partial charge in [0.2, 0.25) is 0 Å². The fourth-order valence-electron chi connectivity index (χ4n) is 2.53. The molecule has 0 bridgehead atoms. The minimum atomic E-state index is -0.0882. The van der Waals surface area contributed by atoms with Gasteiger partial charge in [-0.3, -0.25) is 14.7 Å². The molecule has 0 spiro atoms. The van der Waals surface area contributed by atoms with Crippen LogP contribution in [0.1, 0.15) is 32.3 Å². The standard InChI is InChI=1S/C19H25N3O3S/c1-3-16-14-26-19(21-10-5-11-24-4-2)22(16)18(23)13-25-17-8-6-15(12-20)7-9-17/h6-9,16H,3-5,10-11,13-14H2,1-2H3. The Balaban J connectivity index is 1.93. The van der Waals surface area contributed by atoms with Crippen LogP contribution in [0.15, 0.2) is 29.3 Å². The second kappa shape index (κ2) is 10.8. The lowest BCUT2D eigenvalue weighted by atomic mass is 10.2. The molecule has 1 fully saturated rings. The van der Waals surface area contributed by atoms with E-state index >= 15 is 0 Å². The summed E-state index contributed by atoms with van der Waals surface area (Å²) in [4.78, 5) is 19.0. The largest absolute Gasteiger partial charge is 0.484 e. The SMILES string of the molecule is CCOCCCN=C1SCC(CC)N1C(=O)COc1ccc(C#N)cc1. The number of nitrogens with zero attached hydrogens (tertiary/aromatic N) is 3. The summed E-state index contributed by atoms with van der Waals surface area (Å²) in [5.41, 5.74) is 0.562. The van der Waals surface area contributed by atoms with E-state index < -0.39 is 0 Å². The van der Waals surface area contributed by atoms with Gasteiger partial charge in [-0.15, -0.1) is 0 Å². The van der Waals surface area contributed by atoms with E-state index in [1.165, 1.54) is 0 Å². The van der Waals surface area contributed by atoms with Gasteiger partial charge < -0.3 is 9.47 Å². The third-order valence-corrected chi connectivity index (χ3v) is 5.10. The highest BCUT2D eigenvalue weighted by atomic mass is 32.2. The van der Waals surface area contributed by atoms with Crippen LogP contribution in [0.3, 0.4) is 0 Å². The van der Waals surface area contributed by atoms with Crippen LogP contribution in [-0.4, -0.2) is 54.1 Å². The van der Waals surface area contributed by atoms with Gasteiger partial charge in [0.25, 0.3) is 5.91 Å². The minimum absolute atomic E-state index is 0.0407. The number of hydrogen-bond donors (Lipinski definition) is 0. The Bertz CT molecular complexity index is 655. The first-order chi connectivity index (χ1) is 12.7. The zero-order valence-electron chi connectivity index (χ0n) is 15.3. The maximum atomic E-state index is 12.7. The van der Waals surface area contributed by atoms with Gasteiger partial charge in [-0.1, -0.05) is 18.7 Å². The van der Waals surface area contributed by atoms with Crippen molar-refractivity contribution in [2.24, 2.45) is 4.99 Å². The predicted molar refractivity (Wildman–Crippen MR) is 103 cm³/mol. The van der Waals surface area contributed by atoms with Crippen molar-refractivity contribution in [1.29, 1.82) is 5.26 Å². The van der Waals surface area contributed by atoms with E-state index in [0.717, 1.165) is 23.8 Å². The highest BCUT2D eigenvalue weighted by Gasteiger charge is 2.33. The zero-order chi connectivity index (χ0) is 18.8. The molecule has 1 unspecified atom stereocenters. The van der Waals surface area contributed by atoms with Gasteiger partial charge in [0.05, 0.1) is 11.6 Å². The molecule has 1 aliphatic heterocycles. The van der Waals surface area contributed by atoms with Crippen LogP contribution in [0, 0.1) is 11.3 Å². The molecule has 1 heterocycles. The van der Waals surface area contributed by atoms with Crippen LogP contribution < -0.4 is 4.74 Å². The number of aliphatic imine (C=N–C) groups is 1. The summed E-state index contributed by atoms with van der Waals surface area (Å²) in [5.74, 6) is 1.35. The maximum Gasteiger partial charge on any atom is 0.266 e. The number of amides is 1. The van der Waals surface area contributed by atoms with Crippen molar-refractivity contribution < 1.29 is 14.3 Å². The van der Waals surface area contributed by atoms with Crippen LogP contribution in [0.2, 0.25) is 0 Å². The first-order valence-corrected chi connectivity index (χ1v) is 9.88. The number of carbonyl (C=O) groups is 1. The smallest absolute Gasteiger partial charge is 0.266 e. The normalized spacial score (nSPS) is 18.1. The summed E-state index contributed by atoms with van der Waals surface area (Å²) in [5, 5.41) is 9.60. The van der Waals surface area contributed by atoms with Crippen molar-refractivity contribution in [3.05, 3.63) is 29.8 Å². The molecule has 0 saturated carbocycles. The lowest BCUT2D eigenvalue weighted by molar-refractivity contribution is -0.130. The van der Waals surface area contributed by atoms with Crippen molar-refractivity contribution >= 4 is 22.8 Å². The first kappa shape index (κ1) is 20.3. The molecule has 0 N–H and O–H groups in total. The molecule has 1 aromatic carbocycles. The van der Waals surface area contributed by atoms with Crippen molar-refractivity contribution in [3.8, 4) is 11.8 Å². The van der Waals surface area contributed by atoms with Gasteiger partial charge in [-0.2, -0.15) is 5.26 Å². The summed E-state index contributed by atoms with van der Waals surface area (Å²) >= 11 is 1.62. The Morgan fingerprint density at radius 1 is 1.38 bits per heavy atom. The summed E-state index contributed by atoms with van der Waals surface area (Å²) in [7, 11) is 0. The molecule has 1 aliphatic rings. The van der Waals surface area contributed by atoms with Gasteiger partial charge >= 0.3 is 0 Å². The van der Waals surface area contributed by atoms with Crippen LogP contribution in [-0.2, 0) is 9.53 Å². The third-order valence-electron chi connectivity index (χ3n) is 3.96. The molecule has 2 rings (SSSR count). The predicted octanol–water partition coefficient (Wildman–Crippen LogP) is 3.07. The van der Waals surface area contributed by atoms with E-state index in [-0.39, 0.29) is 18.6 Å². The molecule has 7 heteroatoms. The topological polar surface area (TPSA) is 74.9 Å². The number of ether oxygens (including phenoxy) is 2. The fourth-order valence-corrected chi connectivity index (χ4v) is 3.83. The van der Waals surface area contributed by atoms with E-state index in [9.17, 15) is 4.79 Å². The molecule has 0 aromatic heterocycles. The number of rotatable bonds is 9. The maximum absolute atomic E-state index is 12.7. The highest BCUT2D eigenvalue weighted by Crippen LogP contribution is 2.26. The Hall–Kier alpha value is -2.04. The third kappa shape index (κ3) is 5.75. The molecule has 26 heavy (non-hydrogen) atoms. The quantitative estimate of drug-likeness (QED) is 0.620. The first-order valence-electron chi connectivity index (χ1n) is 8.89. The fraction of sp³-hybridized carbons (Fsp3) is 0.526. The van der Waals surface area contributed by atoms with Gasteiger partial charge in [0.15, 0.2) is 11.8 Å². The summed E-state index contributed by atoms with van der Waals surface area (Å²) < 4.78 is 10.9. The number of amidine groups is 1. The minimum Gasteiger partial charge on any atom is -0.484 e. The second-order valence-corrected chi connectivity index (χ2v) is 6.76. The molecule has 1 atom stereocenters. The number of carbonyl (C=O) groups excluding carboxylic acids is 1. The van der Waals surface area contributed by atoms with Crippen molar-refractivity contribution in [3.63, 3.8) is 0 Å². The monoisotopic (exact) mass is 375 g/mol. The molecule has 0 aliphatic carbocycles. The zero-order valence-corrected chi connectivity index (χ0v) is 16.1. The van der Waals surface area contributed by atoms with E-state index in [4.69, 9.17) is 14.7 Å². The Morgan fingerprint density at radius 2 is 2.15 bits per heavy atom. The molecule has 1 amide bonds. The van der Waals surface area contributed by atoms with Crippen molar-refractivity contribution in [2.45, 2.75) is 32.7 Å². The average Bonchev–Trinajstić information content (AvgIpc) is 3.09. The van der Waals surface area contributed by atoms with Gasteiger partial charge in [0, 0.05) is 31.6 Å². The Labute approximate surface area is 159 Å². The van der Waals surface area contributed by atoms with E-state index in [1.807, 2.05) is 6.92 Å². The van der Waals surface area contributed by atoms with Crippen LogP contribution in [0.5, 0.6) is 5.75 Å². The van der Waals surface area contributed by atoms with Crippen LogP contribution >= 0.6 is 11.8 Å². The van der Waals surface area contributed by atoms with Gasteiger partial charge in [-0.25, -0.2) is 0 Å². The van der Waals surface area contributed by atoms with E-state index in [1.54, 1.807) is 40.9 Å². The molecule has 6 nitrogen and oxygen atoms in total. The lowest BCUT2D eigenvalue weighted by Gasteiger charge is -2.23. The van der Waals surface area contributed by atoms with Crippen LogP contribution in [0.4, 0.5) is 0 Å². The molecule has 1 saturated heterocycles. The number of benzene rings is 1. The Kier molecular flexibility index (Phi) is 8.45. The number of hydrogen-bond acceptors (Lipinski definition) is 6. The van der Waals surface area contributed by atoms with Crippen molar-refractivity contribution in [1.82, 2.24) is 4.90 Å². The molecular formula is C19H25N3O3S. The molecule has 1 aromatic rings. The van der Waals surface area contributed by atoms with E-state index in [0.29, 0.717) is 31.1 Å². The summed E-state index contributed by atoms with van der Waals surface area (Å²) in [6.07, 6.45) is 1.73. The highest BCUT2D eigenvalue weighted by molar-refractivity contribution is 8.14. The van der Waals surface area contributed by atoms with Gasteiger partial charge in [0.1, 0.15) is 5.75 Å². The summed E-state index contributed by atoms with van der Waals surface area (Å²) in [6.45, 7) is 6.05. The van der Waals surface area contributed by atoms with Crippen LogP contribution in [0.25, 0.3) is 0 Å². The van der Waals surface area contributed by atoms with E-state index in [2.05, 4.69) is 18.0 Å². The van der Waals surface area contributed by atoms with Crippen molar-refractivity contribution in [2.75, 3.05) is 32.1 Å². The summed E-state index contributed by atoms with van der Waals surface area (Å²) in [6, 6.07) is 8.95. The molecular weight excluding hydrogens is 350 g/mol. The number of thioether (sulfide) groups is 1. The number of nitriles is 1. The van der Waals surface area contributed by atoms with Gasteiger partial charge in [-0.05, 0) is 44.0 Å². The second-order valence-electron chi connectivity index (χ2n) is 5.78. The lowest BCUT2D eigenvalue weighted by Crippen LogP contribution is -2.41. The molecule has 140 valence electrons. The Morgan fingerprint density at radius 3 is 2.81 bits per heavy atom. The average molecular weight is 375 g/mol. The molecule has 0 radical (unpaired) electrons.